The highest BCUT2D eigenvalue weighted by Crippen LogP contribution is 2.32. The van der Waals surface area contributed by atoms with Crippen LogP contribution in [0.1, 0.15) is 32.3 Å². The van der Waals surface area contributed by atoms with Gasteiger partial charge in [-0.3, -0.25) is 14.5 Å². The third-order valence-corrected chi connectivity index (χ3v) is 4.36. The van der Waals surface area contributed by atoms with E-state index in [4.69, 9.17) is 9.47 Å². The van der Waals surface area contributed by atoms with E-state index in [-0.39, 0.29) is 17.8 Å². The van der Waals surface area contributed by atoms with Crippen LogP contribution in [0.4, 0.5) is 4.79 Å². The van der Waals surface area contributed by atoms with Crippen molar-refractivity contribution in [3.8, 4) is 5.75 Å². The van der Waals surface area contributed by atoms with E-state index in [1.54, 1.807) is 37.3 Å². The van der Waals surface area contributed by atoms with Crippen LogP contribution in [0.15, 0.2) is 29.2 Å². The first-order valence-electron chi connectivity index (χ1n) is 8.19. The van der Waals surface area contributed by atoms with E-state index in [1.165, 1.54) is 4.90 Å². The molecule has 1 aromatic carbocycles. The molecular formula is C18H21NO5S. The average molecular weight is 363 g/mol. The van der Waals surface area contributed by atoms with Crippen LogP contribution in [0.5, 0.6) is 5.75 Å². The summed E-state index contributed by atoms with van der Waals surface area (Å²) in [5.74, 6) is -0.139. The van der Waals surface area contributed by atoms with Crippen LogP contribution in [-0.4, -0.2) is 41.8 Å². The smallest absolute Gasteiger partial charge is 0.344 e. The molecule has 0 bridgehead atoms. The first kappa shape index (κ1) is 19.1. The van der Waals surface area contributed by atoms with Crippen molar-refractivity contribution in [2.24, 2.45) is 0 Å². The van der Waals surface area contributed by atoms with Gasteiger partial charge in [0.05, 0.1) is 11.5 Å². The molecule has 134 valence electrons. The van der Waals surface area contributed by atoms with E-state index < -0.39 is 5.97 Å². The fraction of sp³-hybridized carbons (Fsp3) is 0.389. The molecule has 0 aromatic heterocycles. The molecule has 2 rings (SSSR count). The van der Waals surface area contributed by atoms with Gasteiger partial charge in [0.2, 0.25) is 0 Å². The predicted octanol–water partition coefficient (Wildman–Crippen LogP) is 3.46. The first-order valence-corrected chi connectivity index (χ1v) is 9.00. The molecule has 25 heavy (non-hydrogen) atoms. The number of thioether (sulfide) groups is 1. The second kappa shape index (κ2) is 9.27. The van der Waals surface area contributed by atoms with Crippen LogP contribution in [-0.2, 0) is 14.3 Å². The molecule has 1 aliphatic heterocycles. The molecule has 7 heteroatoms. The summed E-state index contributed by atoms with van der Waals surface area (Å²) in [6.45, 7) is 4.37. The van der Waals surface area contributed by atoms with Crippen LogP contribution >= 0.6 is 11.8 Å². The lowest BCUT2D eigenvalue weighted by Gasteiger charge is -2.10. The van der Waals surface area contributed by atoms with Gasteiger partial charge in [-0.05, 0) is 48.9 Å². The number of benzene rings is 1. The number of ether oxygens (including phenoxy) is 2. The van der Waals surface area contributed by atoms with Crippen molar-refractivity contribution in [3.05, 3.63) is 34.7 Å². The number of hydrogen-bond acceptors (Lipinski definition) is 6. The largest absolute Gasteiger partial charge is 0.482 e. The average Bonchev–Trinajstić information content (AvgIpc) is 2.86. The fourth-order valence-corrected chi connectivity index (χ4v) is 3.03. The van der Waals surface area contributed by atoms with Crippen molar-refractivity contribution in [2.75, 3.05) is 19.8 Å². The lowest BCUT2D eigenvalue weighted by molar-refractivity contribution is -0.145. The Morgan fingerprint density at radius 1 is 1.20 bits per heavy atom. The Balaban J connectivity index is 1.98. The van der Waals surface area contributed by atoms with Crippen LogP contribution in [0.3, 0.4) is 0 Å². The van der Waals surface area contributed by atoms with E-state index in [9.17, 15) is 14.4 Å². The van der Waals surface area contributed by atoms with Gasteiger partial charge in [-0.1, -0.05) is 25.5 Å². The zero-order valence-electron chi connectivity index (χ0n) is 14.3. The molecule has 0 saturated carbocycles. The van der Waals surface area contributed by atoms with E-state index in [1.807, 2.05) is 6.92 Å². The van der Waals surface area contributed by atoms with Gasteiger partial charge >= 0.3 is 5.97 Å². The Bertz CT molecular complexity index is 669. The highest BCUT2D eigenvalue weighted by Gasteiger charge is 2.34. The first-order chi connectivity index (χ1) is 12.0. The van der Waals surface area contributed by atoms with E-state index in [2.05, 4.69) is 0 Å². The maximum Gasteiger partial charge on any atom is 0.344 e. The summed E-state index contributed by atoms with van der Waals surface area (Å²) in [6.07, 6.45) is 3.41. The number of carbonyl (C=O) groups excluding carboxylic acids is 3. The van der Waals surface area contributed by atoms with Gasteiger partial charge < -0.3 is 9.47 Å². The molecule has 1 aromatic rings. The second-order valence-corrected chi connectivity index (χ2v) is 6.34. The van der Waals surface area contributed by atoms with Crippen molar-refractivity contribution in [3.63, 3.8) is 0 Å². The summed E-state index contributed by atoms with van der Waals surface area (Å²) in [6, 6.07) is 6.93. The number of esters is 1. The van der Waals surface area contributed by atoms with E-state index >= 15 is 0 Å². The third-order valence-electron chi connectivity index (χ3n) is 3.45. The van der Waals surface area contributed by atoms with Crippen LogP contribution in [0.2, 0.25) is 0 Å². The highest BCUT2D eigenvalue weighted by molar-refractivity contribution is 8.18. The summed E-state index contributed by atoms with van der Waals surface area (Å²) in [7, 11) is 0. The molecule has 2 amide bonds. The summed E-state index contributed by atoms with van der Waals surface area (Å²) < 4.78 is 10.1. The molecule has 1 heterocycles. The van der Waals surface area contributed by atoms with Gasteiger partial charge in [-0.2, -0.15) is 0 Å². The van der Waals surface area contributed by atoms with Crippen molar-refractivity contribution < 1.29 is 23.9 Å². The van der Waals surface area contributed by atoms with Gasteiger partial charge in [0.1, 0.15) is 5.75 Å². The highest BCUT2D eigenvalue weighted by atomic mass is 32.2. The van der Waals surface area contributed by atoms with Crippen molar-refractivity contribution in [1.29, 1.82) is 0 Å². The number of hydrogen-bond donors (Lipinski definition) is 0. The van der Waals surface area contributed by atoms with E-state index in [0.29, 0.717) is 23.8 Å². The topological polar surface area (TPSA) is 72.9 Å². The summed E-state index contributed by atoms with van der Waals surface area (Å²) in [5, 5.41) is -0.223. The number of carbonyl (C=O) groups is 3. The zero-order valence-corrected chi connectivity index (χ0v) is 15.1. The van der Waals surface area contributed by atoms with Gasteiger partial charge in [0.25, 0.3) is 11.1 Å². The number of unbranched alkanes of at least 4 members (excludes halogenated alkanes) is 1. The summed E-state index contributed by atoms with van der Waals surface area (Å²) in [5.41, 5.74) is 0.782. The van der Waals surface area contributed by atoms with E-state index in [0.717, 1.165) is 30.2 Å². The normalized spacial score (nSPS) is 15.8. The SMILES string of the molecule is CCCCN1C(=O)S/C(=C\c2ccc(OCC(=O)OCC)cc2)C1=O. The predicted molar refractivity (Wildman–Crippen MR) is 96.2 cm³/mol. The molecule has 6 nitrogen and oxygen atoms in total. The molecular weight excluding hydrogens is 342 g/mol. The van der Waals surface area contributed by atoms with Gasteiger partial charge in [0.15, 0.2) is 6.61 Å². The second-order valence-electron chi connectivity index (χ2n) is 5.35. The molecule has 1 fully saturated rings. The molecule has 1 aliphatic rings. The third kappa shape index (κ3) is 5.35. The molecule has 0 N–H and O–H groups in total. The molecule has 0 aliphatic carbocycles. The van der Waals surface area contributed by atoms with Crippen LogP contribution < -0.4 is 4.74 Å². The molecule has 0 radical (unpaired) electrons. The van der Waals surface area contributed by atoms with Gasteiger partial charge in [0, 0.05) is 6.54 Å². The lowest BCUT2D eigenvalue weighted by Crippen LogP contribution is -2.29. The van der Waals surface area contributed by atoms with Crippen molar-refractivity contribution >= 4 is 35.0 Å². The zero-order chi connectivity index (χ0) is 18.2. The van der Waals surface area contributed by atoms with Gasteiger partial charge in [-0.25, -0.2) is 4.79 Å². The quantitative estimate of drug-likeness (QED) is 0.520. The Labute approximate surface area is 151 Å². The minimum Gasteiger partial charge on any atom is -0.482 e. The number of amides is 2. The number of nitrogens with zero attached hydrogens (tertiary/aromatic N) is 1. The maximum atomic E-state index is 12.3. The Morgan fingerprint density at radius 3 is 2.56 bits per heavy atom. The lowest BCUT2D eigenvalue weighted by atomic mass is 10.2. The standard InChI is InChI=1S/C18H21NO5S/c1-3-5-10-19-17(21)15(25-18(19)22)11-13-6-8-14(9-7-13)24-12-16(20)23-4-2/h6-9,11H,3-5,10,12H2,1-2H3/b15-11-. The fourth-order valence-electron chi connectivity index (χ4n) is 2.17. The molecule has 0 unspecified atom stereocenters. The number of imide groups is 1. The summed E-state index contributed by atoms with van der Waals surface area (Å²) >= 11 is 0.957. The van der Waals surface area contributed by atoms with Crippen LogP contribution in [0, 0.1) is 0 Å². The van der Waals surface area contributed by atoms with Crippen LogP contribution in [0.25, 0.3) is 6.08 Å². The Hall–Kier alpha value is -2.28. The summed E-state index contributed by atoms with van der Waals surface area (Å²) in [4.78, 5) is 37.1. The molecule has 0 spiro atoms. The maximum absolute atomic E-state index is 12.3. The minimum absolute atomic E-state index is 0.149. The molecule has 1 saturated heterocycles. The Kier molecular flexibility index (Phi) is 7.06. The molecule has 0 atom stereocenters. The number of rotatable bonds is 8. The van der Waals surface area contributed by atoms with Crippen molar-refractivity contribution in [1.82, 2.24) is 4.90 Å². The Morgan fingerprint density at radius 2 is 1.92 bits per heavy atom. The van der Waals surface area contributed by atoms with Crippen molar-refractivity contribution in [2.45, 2.75) is 26.7 Å². The van der Waals surface area contributed by atoms with Gasteiger partial charge in [-0.15, -0.1) is 0 Å². The minimum atomic E-state index is -0.424. The monoisotopic (exact) mass is 363 g/mol.